The van der Waals surface area contributed by atoms with Gasteiger partial charge in [0.25, 0.3) is 13.4 Å². The van der Waals surface area contributed by atoms with Crippen molar-refractivity contribution in [1.29, 1.82) is 0 Å². The first-order chi connectivity index (χ1) is 60.3. The van der Waals surface area contributed by atoms with Gasteiger partial charge in [-0.3, -0.25) is 0 Å². The highest BCUT2D eigenvalue weighted by Crippen LogP contribution is 2.53. The van der Waals surface area contributed by atoms with Crippen LogP contribution in [0.1, 0.15) is 148 Å². The van der Waals surface area contributed by atoms with E-state index in [0.717, 1.165) is 34.6 Å². The molecule has 126 heavy (non-hydrogen) atoms. The van der Waals surface area contributed by atoms with Crippen molar-refractivity contribution in [2.75, 3.05) is 19.6 Å². The van der Waals surface area contributed by atoms with Gasteiger partial charge in [0.2, 0.25) is 0 Å². The van der Waals surface area contributed by atoms with Gasteiger partial charge in [-0.15, -0.1) is 0 Å². The van der Waals surface area contributed by atoms with Crippen LogP contribution >= 0.6 is 0 Å². The first kappa shape index (κ1) is 81.2. The Bertz CT molecular complexity index is 6980. The standard InChI is InChI=1S/C120H112B2N4/c1-74-44-50-105-103(56-74)122-104-57-75(2)45-51-106(104)126(112-68-92(114-80(7)54-77(4)55-81(114)8)67-111(116(112)122)125(105)99-61-87(83-33-23-20-24-34-83)59-88(62-99)84-35-25-21-26-36-84)100-63-89(85-37-27-22-28-38-85)60-90(64-100)86-39-29-32-82(58-86)73-120(18,19)96-41-31-43-98(70-96)124-108-72-95(119(15,16)17)47-49-102(108)121-101-48-46-94(118(12,13)14)71-107(101)123(97-42-30-40-93(69-97)117(9,10)11)109-65-91(66-110(124)115(109)121)113-78(5)52-76(3)53-79(113)6/h20-72H,73H2,1-19H3. The lowest BCUT2D eigenvalue weighted by molar-refractivity contribution is 0.522. The van der Waals surface area contributed by atoms with Crippen molar-refractivity contribution in [3.63, 3.8) is 0 Å². The Morgan fingerprint density at radius 3 is 0.952 bits per heavy atom. The van der Waals surface area contributed by atoms with E-state index < -0.39 is 0 Å². The molecule has 0 spiro atoms. The summed E-state index contributed by atoms with van der Waals surface area (Å²) in [7, 11) is 0. The van der Waals surface area contributed by atoms with Crippen molar-refractivity contribution in [2.24, 2.45) is 0 Å². The summed E-state index contributed by atoms with van der Waals surface area (Å²) in [6.45, 7) is 44.2. The maximum Gasteiger partial charge on any atom is 0.252 e. The van der Waals surface area contributed by atoms with E-state index in [0.29, 0.717) is 0 Å². The van der Waals surface area contributed by atoms with Crippen molar-refractivity contribution < 1.29 is 0 Å². The summed E-state index contributed by atoms with van der Waals surface area (Å²) in [5, 5.41) is 0. The normalized spacial score (nSPS) is 13.3. The minimum Gasteiger partial charge on any atom is -0.311 e. The highest BCUT2D eigenvalue weighted by atomic mass is 15.2. The highest BCUT2D eigenvalue weighted by molar-refractivity contribution is 7.01. The first-order valence-corrected chi connectivity index (χ1v) is 45.4. The summed E-state index contributed by atoms with van der Waals surface area (Å²) >= 11 is 0. The van der Waals surface area contributed by atoms with Gasteiger partial charge in [-0.1, -0.05) is 311 Å². The van der Waals surface area contributed by atoms with Crippen LogP contribution in [-0.4, -0.2) is 13.4 Å². The minimum atomic E-state index is -0.336. The van der Waals surface area contributed by atoms with Gasteiger partial charge in [0.15, 0.2) is 0 Å². The molecule has 16 aromatic carbocycles. The zero-order chi connectivity index (χ0) is 87.5. The monoisotopic (exact) mass is 1630 g/mol. The van der Waals surface area contributed by atoms with E-state index in [2.05, 4.69) is 473 Å². The van der Waals surface area contributed by atoms with Gasteiger partial charge in [0.05, 0.1) is 0 Å². The summed E-state index contributed by atoms with van der Waals surface area (Å²) in [4.78, 5) is 10.6. The average molecular weight is 1630 g/mol. The summed E-state index contributed by atoms with van der Waals surface area (Å²) in [5.41, 5.74) is 52.2. The lowest BCUT2D eigenvalue weighted by Gasteiger charge is -2.45. The van der Waals surface area contributed by atoms with Crippen molar-refractivity contribution in [2.45, 2.75) is 160 Å². The summed E-state index contributed by atoms with van der Waals surface area (Å²) in [6, 6.07) is 125. The Labute approximate surface area is 749 Å². The number of hydrogen-bond donors (Lipinski definition) is 0. The molecule has 4 aliphatic heterocycles. The van der Waals surface area contributed by atoms with Crippen LogP contribution in [0, 0.1) is 55.4 Å². The van der Waals surface area contributed by atoms with Crippen LogP contribution in [0.15, 0.2) is 322 Å². The molecular weight excluding hydrogens is 1520 g/mol. The maximum atomic E-state index is 2.67. The predicted octanol–water partition coefficient (Wildman–Crippen LogP) is 28.7. The number of aryl methyl sites for hydroxylation is 8. The molecule has 0 saturated heterocycles. The van der Waals surface area contributed by atoms with Crippen molar-refractivity contribution in [3.05, 3.63) is 394 Å². The van der Waals surface area contributed by atoms with Crippen molar-refractivity contribution in [1.82, 2.24) is 0 Å². The summed E-state index contributed by atoms with van der Waals surface area (Å²) in [6.07, 6.45) is 0.796. The van der Waals surface area contributed by atoms with Crippen LogP contribution in [0.2, 0.25) is 0 Å². The lowest BCUT2D eigenvalue weighted by Crippen LogP contribution is -2.61. The van der Waals surface area contributed by atoms with Crippen molar-refractivity contribution >= 4 is 114 Å². The zero-order valence-corrected chi connectivity index (χ0v) is 76.8. The van der Waals surface area contributed by atoms with Gasteiger partial charge in [-0.05, 0) is 342 Å². The fourth-order valence-electron chi connectivity index (χ4n) is 21.5. The van der Waals surface area contributed by atoms with E-state index >= 15 is 0 Å². The molecule has 6 heteroatoms. The van der Waals surface area contributed by atoms with Crippen LogP contribution in [0.5, 0.6) is 0 Å². The van der Waals surface area contributed by atoms with E-state index in [9.17, 15) is 0 Å². The molecular formula is C120H112B2N4. The number of rotatable bonds is 13. The first-order valence-electron chi connectivity index (χ1n) is 45.4. The second-order valence-corrected chi connectivity index (χ2v) is 40.5. The molecule has 16 aromatic rings. The number of hydrogen-bond acceptors (Lipinski definition) is 4. The van der Waals surface area contributed by atoms with Crippen LogP contribution in [-0.2, 0) is 28.1 Å². The Morgan fingerprint density at radius 2 is 0.556 bits per heavy atom. The molecule has 0 aromatic heterocycles. The third-order valence-electron chi connectivity index (χ3n) is 27.5. The SMILES string of the molecule is Cc1cc(C)c(-c2cc3c4c(c2)N(c2cc(-c5ccccc5)cc(-c5cccc(CC(C)(C)c6cccc(N7c8cc(C(C)(C)C)ccc8B8c9ccc(C(C)(C)C)cc9N(c9cccc(C(C)(C)C)c9)c9cc(-c%10c(C)cc(C)cc%10C)cc7c98)c6)c5)c2)c2ccc(C)cc2B4c2cc(C)ccc2N3c2cc(-c3ccccc3)cc(-c3ccccc3)c2)c(C)c1. The summed E-state index contributed by atoms with van der Waals surface area (Å²) < 4.78 is 0. The fraction of sp³-hybridized carbons (Fsp3) is 0.200. The lowest BCUT2D eigenvalue weighted by atomic mass is 9.33. The predicted molar refractivity (Wildman–Crippen MR) is 544 cm³/mol. The Hall–Kier alpha value is -13.2. The summed E-state index contributed by atoms with van der Waals surface area (Å²) in [5.74, 6) is 0. The van der Waals surface area contributed by atoms with Gasteiger partial charge in [0.1, 0.15) is 0 Å². The fourth-order valence-corrected chi connectivity index (χ4v) is 21.5. The van der Waals surface area contributed by atoms with Crippen LogP contribution in [0.3, 0.4) is 0 Å². The van der Waals surface area contributed by atoms with Gasteiger partial charge < -0.3 is 19.6 Å². The van der Waals surface area contributed by atoms with E-state index in [1.54, 1.807) is 0 Å². The molecule has 0 saturated carbocycles. The molecule has 0 atom stereocenters. The van der Waals surface area contributed by atoms with Crippen LogP contribution in [0.4, 0.5) is 68.2 Å². The van der Waals surface area contributed by atoms with Crippen LogP contribution in [0.25, 0.3) is 66.8 Å². The second-order valence-electron chi connectivity index (χ2n) is 40.5. The largest absolute Gasteiger partial charge is 0.311 e. The Kier molecular flexibility index (Phi) is 19.7. The molecule has 4 aliphatic rings. The molecule has 4 nitrogen and oxygen atoms in total. The molecule has 4 heterocycles. The number of benzene rings is 16. The quantitative estimate of drug-likeness (QED) is 0.107. The highest BCUT2D eigenvalue weighted by Gasteiger charge is 2.47. The van der Waals surface area contributed by atoms with Gasteiger partial charge in [0, 0.05) is 68.2 Å². The van der Waals surface area contributed by atoms with Crippen molar-refractivity contribution in [3.8, 4) is 66.8 Å². The molecule has 618 valence electrons. The average Bonchev–Trinajstić information content (AvgIpc) is 0.695. The molecule has 0 fully saturated rings. The van der Waals surface area contributed by atoms with E-state index in [-0.39, 0.29) is 35.1 Å². The third-order valence-corrected chi connectivity index (χ3v) is 27.5. The minimum absolute atomic E-state index is 0.0498. The van der Waals surface area contributed by atoms with Gasteiger partial charge in [-0.2, -0.15) is 0 Å². The number of fused-ring (bicyclic) bond motifs is 8. The Morgan fingerprint density at radius 1 is 0.214 bits per heavy atom. The van der Waals surface area contributed by atoms with E-state index in [4.69, 9.17) is 0 Å². The zero-order valence-electron chi connectivity index (χ0n) is 76.8. The molecule has 0 aliphatic carbocycles. The van der Waals surface area contributed by atoms with E-state index in [1.165, 1.54) is 212 Å². The smallest absolute Gasteiger partial charge is 0.252 e. The molecule has 0 unspecified atom stereocenters. The molecule has 0 amide bonds. The third kappa shape index (κ3) is 14.3. The van der Waals surface area contributed by atoms with Crippen LogP contribution < -0.4 is 52.4 Å². The number of nitrogens with zero attached hydrogens (tertiary/aromatic N) is 4. The molecule has 0 radical (unpaired) electrons. The molecule has 20 rings (SSSR count). The molecule has 0 N–H and O–H groups in total. The Balaban J connectivity index is 0.748. The second kappa shape index (κ2) is 30.6. The maximum absolute atomic E-state index is 2.67. The molecule has 0 bridgehead atoms. The number of anilines is 12. The van der Waals surface area contributed by atoms with Gasteiger partial charge in [-0.25, -0.2) is 0 Å². The van der Waals surface area contributed by atoms with E-state index in [1.807, 2.05) is 0 Å². The van der Waals surface area contributed by atoms with Gasteiger partial charge >= 0.3 is 0 Å². The topological polar surface area (TPSA) is 13.0 Å².